The second-order valence-electron chi connectivity index (χ2n) is 7.26. The maximum absolute atomic E-state index is 13.1. The fourth-order valence-electron chi connectivity index (χ4n) is 3.64. The van der Waals surface area contributed by atoms with E-state index < -0.39 is 12.0 Å². The number of para-hydroxylation sites is 1. The molecule has 0 saturated carbocycles. The van der Waals surface area contributed by atoms with Crippen molar-refractivity contribution in [2.45, 2.75) is 26.3 Å². The lowest BCUT2D eigenvalue weighted by atomic mass is 10.1. The Morgan fingerprint density at radius 3 is 2.87 bits per heavy atom. The van der Waals surface area contributed by atoms with Crippen molar-refractivity contribution in [1.82, 2.24) is 9.88 Å². The van der Waals surface area contributed by atoms with Crippen LogP contribution in [-0.4, -0.2) is 46.9 Å². The number of amides is 1. The Hall–Kier alpha value is -3.61. The van der Waals surface area contributed by atoms with Crippen LogP contribution in [0.5, 0.6) is 0 Å². The number of nitrogens with one attached hydrogen (secondary N) is 2. The van der Waals surface area contributed by atoms with Crippen molar-refractivity contribution in [3.63, 3.8) is 0 Å². The molecular weight excluding hydrogens is 380 g/mol. The number of anilines is 1. The number of aryl methyl sites for hydroxylation is 1. The first-order valence-corrected chi connectivity index (χ1v) is 9.98. The van der Waals surface area contributed by atoms with E-state index in [1.807, 2.05) is 61.7 Å². The minimum absolute atomic E-state index is 0.172. The highest BCUT2D eigenvalue weighted by molar-refractivity contribution is 6.12. The molecule has 1 atom stereocenters. The average molecular weight is 404 g/mol. The monoisotopic (exact) mass is 404 g/mol. The van der Waals surface area contributed by atoms with Crippen LogP contribution in [0.25, 0.3) is 10.9 Å². The third kappa shape index (κ3) is 4.05. The van der Waals surface area contributed by atoms with Gasteiger partial charge in [0, 0.05) is 29.2 Å². The molecular formula is C23H24N4O3. The van der Waals surface area contributed by atoms with Gasteiger partial charge in [0.1, 0.15) is 12.6 Å². The maximum atomic E-state index is 13.1. The summed E-state index contributed by atoms with van der Waals surface area (Å²) in [6.45, 7) is 3.82. The van der Waals surface area contributed by atoms with E-state index >= 15 is 0 Å². The molecule has 3 aromatic rings. The van der Waals surface area contributed by atoms with E-state index in [2.05, 4.69) is 15.3 Å². The molecule has 0 radical (unpaired) electrons. The van der Waals surface area contributed by atoms with E-state index in [1.165, 1.54) is 4.90 Å². The molecule has 2 heterocycles. The predicted molar refractivity (Wildman–Crippen MR) is 116 cm³/mol. The molecule has 1 aliphatic rings. The van der Waals surface area contributed by atoms with Gasteiger partial charge in [0.25, 0.3) is 5.91 Å². The van der Waals surface area contributed by atoms with Crippen LogP contribution in [0, 0.1) is 6.92 Å². The van der Waals surface area contributed by atoms with Crippen LogP contribution >= 0.6 is 0 Å². The van der Waals surface area contributed by atoms with Gasteiger partial charge in [-0.1, -0.05) is 30.3 Å². The number of benzene rings is 2. The second-order valence-corrected chi connectivity index (χ2v) is 7.26. The van der Waals surface area contributed by atoms with Gasteiger partial charge in [-0.25, -0.2) is 4.99 Å². The highest BCUT2D eigenvalue weighted by Gasteiger charge is 2.36. The Bertz CT molecular complexity index is 1120. The van der Waals surface area contributed by atoms with Gasteiger partial charge in [-0.05, 0) is 43.2 Å². The summed E-state index contributed by atoms with van der Waals surface area (Å²) in [5, 5.41) is 4.26. The van der Waals surface area contributed by atoms with Crippen LogP contribution in [0.3, 0.4) is 0 Å². The number of aromatic amines is 1. The van der Waals surface area contributed by atoms with E-state index in [9.17, 15) is 9.59 Å². The number of ether oxygens (including phenoxy) is 1. The quantitative estimate of drug-likeness (QED) is 0.618. The summed E-state index contributed by atoms with van der Waals surface area (Å²) < 4.78 is 5.05. The van der Waals surface area contributed by atoms with Crippen molar-refractivity contribution in [3.8, 4) is 0 Å². The van der Waals surface area contributed by atoms with Crippen LogP contribution < -0.4 is 5.32 Å². The molecule has 7 heteroatoms. The number of hydrogen-bond donors (Lipinski definition) is 2. The number of nitrogens with zero attached hydrogens (tertiary/aromatic N) is 2. The summed E-state index contributed by atoms with van der Waals surface area (Å²) in [6.07, 6.45) is 2.36. The van der Waals surface area contributed by atoms with E-state index in [0.717, 1.165) is 27.7 Å². The Balaban J connectivity index is 1.60. The van der Waals surface area contributed by atoms with Gasteiger partial charge in [-0.2, -0.15) is 0 Å². The molecule has 2 aromatic carbocycles. The number of guanidine groups is 1. The van der Waals surface area contributed by atoms with Gasteiger partial charge in [0.2, 0.25) is 5.96 Å². The zero-order valence-electron chi connectivity index (χ0n) is 17.0. The van der Waals surface area contributed by atoms with E-state index in [1.54, 1.807) is 6.92 Å². The molecule has 1 aromatic heterocycles. The number of aromatic nitrogens is 1. The molecule has 4 rings (SSSR count). The Morgan fingerprint density at radius 1 is 1.23 bits per heavy atom. The van der Waals surface area contributed by atoms with Gasteiger partial charge >= 0.3 is 5.97 Å². The Kier molecular flexibility index (Phi) is 5.52. The summed E-state index contributed by atoms with van der Waals surface area (Å²) in [7, 11) is 0. The first kappa shape index (κ1) is 19.7. The molecule has 0 saturated heterocycles. The molecule has 0 bridgehead atoms. The number of H-pyrrole nitrogens is 1. The van der Waals surface area contributed by atoms with Crippen molar-refractivity contribution >= 4 is 34.4 Å². The number of rotatable bonds is 6. The van der Waals surface area contributed by atoms with Gasteiger partial charge in [0.15, 0.2) is 0 Å². The first-order chi connectivity index (χ1) is 14.5. The largest absolute Gasteiger partial charge is 0.465 e. The lowest BCUT2D eigenvalue weighted by Gasteiger charge is -2.19. The van der Waals surface area contributed by atoms with Crippen LogP contribution in [0.1, 0.15) is 18.1 Å². The molecule has 0 aliphatic carbocycles. The minimum atomic E-state index is -0.606. The average Bonchev–Trinajstić information content (AvgIpc) is 3.25. The summed E-state index contributed by atoms with van der Waals surface area (Å²) in [5.74, 6) is -0.315. The van der Waals surface area contributed by atoms with Crippen LogP contribution in [0.2, 0.25) is 0 Å². The summed E-state index contributed by atoms with van der Waals surface area (Å²) >= 11 is 0. The standard InChI is InChI=1S/C23H24N4O3/c1-3-30-21(28)14-27-22(29)20(12-16-13-24-19-10-5-4-9-18(16)19)26-23(27)25-17-8-6-7-15(2)11-17/h4-11,13,20,24H,3,12,14H2,1-2H3,(H,25,26). The van der Waals surface area contributed by atoms with E-state index in [-0.39, 0.29) is 19.1 Å². The van der Waals surface area contributed by atoms with Crippen molar-refractivity contribution in [3.05, 3.63) is 65.9 Å². The fourth-order valence-corrected chi connectivity index (χ4v) is 3.64. The zero-order chi connectivity index (χ0) is 21.1. The SMILES string of the molecule is CCOC(=O)CN1C(=O)C(Cc2c[nH]c3ccccc23)N=C1Nc1cccc(C)c1. The number of esters is 1. The number of fused-ring (bicyclic) bond motifs is 1. The summed E-state index contributed by atoms with van der Waals surface area (Å²) in [5.41, 5.74) is 3.92. The molecule has 1 amide bonds. The maximum Gasteiger partial charge on any atom is 0.326 e. The molecule has 1 aliphatic heterocycles. The van der Waals surface area contributed by atoms with Crippen molar-refractivity contribution in [2.75, 3.05) is 18.5 Å². The lowest BCUT2D eigenvalue weighted by molar-refractivity contribution is -0.146. The van der Waals surface area contributed by atoms with Crippen LogP contribution in [-0.2, 0) is 20.7 Å². The molecule has 0 spiro atoms. The topological polar surface area (TPSA) is 86.8 Å². The molecule has 2 N–H and O–H groups in total. The van der Waals surface area contributed by atoms with Crippen LogP contribution in [0.15, 0.2) is 59.7 Å². The van der Waals surface area contributed by atoms with Crippen LogP contribution in [0.4, 0.5) is 5.69 Å². The normalized spacial score (nSPS) is 16.1. The third-order valence-corrected chi connectivity index (χ3v) is 5.04. The molecule has 154 valence electrons. The predicted octanol–water partition coefficient (Wildman–Crippen LogP) is 3.26. The number of hydrogen-bond acceptors (Lipinski definition) is 5. The van der Waals surface area contributed by atoms with E-state index in [4.69, 9.17) is 4.74 Å². The Morgan fingerprint density at radius 2 is 2.07 bits per heavy atom. The molecule has 7 nitrogen and oxygen atoms in total. The summed E-state index contributed by atoms with van der Waals surface area (Å²) in [6, 6.07) is 15.1. The lowest BCUT2D eigenvalue weighted by Crippen LogP contribution is -2.42. The first-order valence-electron chi connectivity index (χ1n) is 9.98. The summed E-state index contributed by atoms with van der Waals surface area (Å²) in [4.78, 5) is 34.5. The number of aliphatic imine (C=N–C) groups is 1. The van der Waals surface area contributed by atoms with Crippen molar-refractivity contribution in [2.24, 2.45) is 4.99 Å². The van der Waals surface area contributed by atoms with Crippen molar-refractivity contribution in [1.29, 1.82) is 0 Å². The third-order valence-electron chi connectivity index (χ3n) is 5.04. The molecule has 1 unspecified atom stereocenters. The highest BCUT2D eigenvalue weighted by Crippen LogP contribution is 2.23. The smallest absolute Gasteiger partial charge is 0.326 e. The van der Waals surface area contributed by atoms with Gasteiger partial charge in [0.05, 0.1) is 6.61 Å². The van der Waals surface area contributed by atoms with Gasteiger partial charge < -0.3 is 15.0 Å². The second kappa shape index (κ2) is 8.41. The minimum Gasteiger partial charge on any atom is -0.465 e. The Labute approximate surface area is 174 Å². The number of carbonyl (C=O) groups is 2. The number of carbonyl (C=O) groups excluding carboxylic acids is 2. The zero-order valence-corrected chi connectivity index (χ0v) is 17.0. The van der Waals surface area contributed by atoms with E-state index in [0.29, 0.717) is 12.4 Å². The fraction of sp³-hybridized carbons (Fsp3) is 0.261. The van der Waals surface area contributed by atoms with Crippen molar-refractivity contribution < 1.29 is 14.3 Å². The molecule has 30 heavy (non-hydrogen) atoms. The highest BCUT2D eigenvalue weighted by atomic mass is 16.5. The molecule has 0 fully saturated rings. The van der Waals surface area contributed by atoms with Gasteiger partial charge in [-0.3, -0.25) is 14.5 Å². The van der Waals surface area contributed by atoms with Gasteiger partial charge in [-0.15, -0.1) is 0 Å².